The van der Waals surface area contributed by atoms with E-state index in [0.717, 1.165) is 35.6 Å². The average molecular weight is 477 g/mol. The van der Waals surface area contributed by atoms with E-state index in [4.69, 9.17) is 5.26 Å². The second kappa shape index (κ2) is 14.7. The molecule has 1 saturated carbocycles. The molecular weight excluding hydrogens is 428 g/mol. The number of aryl methyl sites for hydroxylation is 1. The summed E-state index contributed by atoms with van der Waals surface area (Å²) in [6.45, 7) is 24.3. The molecule has 1 aliphatic carbocycles. The monoisotopic (exact) mass is 476 g/mol. The molecule has 0 spiro atoms. The average Bonchev–Trinajstić information content (AvgIpc) is 2.85. The minimum atomic E-state index is -0.345. The Kier molecular flexibility index (Phi) is 12.8. The van der Waals surface area contributed by atoms with Crippen LogP contribution in [0, 0.1) is 30.1 Å². The van der Waals surface area contributed by atoms with E-state index in [-0.39, 0.29) is 11.5 Å². The number of hydrogen-bond acceptors (Lipinski definition) is 3. The summed E-state index contributed by atoms with van der Waals surface area (Å²) >= 11 is 0. The molecule has 1 fully saturated rings. The van der Waals surface area contributed by atoms with Crippen molar-refractivity contribution in [3.05, 3.63) is 72.0 Å². The van der Waals surface area contributed by atoms with E-state index in [9.17, 15) is 4.79 Å². The van der Waals surface area contributed by atoms with Crippen LogP contribution in [0.5, 0.6) is 0 Å². The third kappa shape index (κ3) is 9.88. The van der Waals surface area contributed by atoms with E-state index in [1.165, 1.54) is 37.7 Å². The summed E-state index contributed by atoms with van der Waals surface area (Å²) < 4.78 is 0. The summed E-state index contributed by atoms with van der Waals surface area (Å²) in [7, 11) is 0. The Morgan fingerprint density at radius 3 is 2.20 bits per heavy atom. The quantitative estimate of drug-likeness (QED) is 0.258. The highest BCUT2D eigenvalue weighted by Crippen LogP contribution is 2.33. The first-order valence-corrected chi connectivity index (χ1v) is 13.2. The number of nitrogens with one attached hydrogen (secondary N) is 1. The van der Waals surface area contributed by atoms with Crippen LogP contribution in [0.2, 0.25) is 0 Å². The van der Waals surface area contributed by atoms with Crippen molar-refractivity contribution in [2.45, 2.75) is 104 Å². The molecule has 0 aliphatic heterocycles. The largest absolute Gasteiger partial charge is 0.381 e. The molecular formula is C32H48N2O. The first kappa shape index (κ1) is 30.4. The van der Waals surface area contributed by atoms with Crippen molar-refractivity contribution in [3.63, 3.8) is 0 Å². The molecule has 3 nitrogen and oxygen atoms in total. The van der Waals surface area contributed by atoms with E-state index in [1.807, 2.05) is 39.8 Å². The van der Waals surface area contributed by atoms with Gasteiger partial charge in [0.2, 0.25) is 0 Å². The number of nitrogens with zero attached hydrogens (tertiary/aromatic N) is 1. The summed E-state index contributed by atoms with van der Waals surface area (Å²) in [6.07, 6.45) is 9.02. The van der Waals surface area contributed by atoms with Gasteiger partial charge >= 0.3 is 0 Å². The number of carbonyl (C=O) groups is 1. The molecule has 0 aromatic heterocycles. The van der Waals surface area contributed by atoms with Crippen LogP contribution in [0.1, 0.15) is 97.1 Å². The van der Waals surface area contributed by atoms with Crippen LogP contribution in [0.15, 0.2) is 60.8 Å². The summed E-state index contributed by atoms with van der Waals surface area (Å²) in [5.74, 6) is 1.49. The van der Waals surface area contributed by atoms with E-state index in [0.29, 0.717) is 23.7 Å². The lowest BCUT2D eigenvalue weighted by atomic mass is 9.79. The zero-order valence-corrected chi connectivity index (χ0v) is 23.2. The molecule has 35 heavy (non-hydrogen) atoms. The Morgan fingerprint density at radius 1 is 1.14 bits per heavy atom. The predicted molar refractivity (Wildman–Crippen MR) is 150 cm³/mol. The number of rotatable bonds is 11. The maximum absolute atomic E-state index is 11.7. The SMILES string of the molecule is C=C(C)CC[C@@H](NC(=C)[C@@H](C)C1CCCCC1)C(=C)C#N.CCC(=O)C(C)(C)c1ccc(C)cc1. The van der Waals surface area contributed by atoms with Gasteiger partial charge in [0.1, 0.15) is 5.78 Å². The van der Waals surface area contributed by atoms with Gasteiger partial charge in [-0.05, 0) is 70.8 Å². The van der Waals surface area contributed by atoms with Gasteiger partial charge in [-0.3, -0.25) is 4.79 Å². The Labute approximate surface area is 215 Å². The van der Waals surface area contributed by atoms with Gasteiger partial charge in [-0.2, -0.15) is 5.26 Å². The number of benzene rings is 1. The lowest BCUT2D eigenvalue weighted by Gasteiger charge is -2.31. The van der Waals surface area contributed by atoms with E-state index in [2.05, 4.69) is 57.1 Å². The lowest BCUT2D eigenvalue weighted by molar-refractivity contribution is -0.123. The Morgan fingerprint density at radius 2 is 1.71 bits per heavy atom. The van der Waals surface area contributed by atoms with Crippen LogP contribution in [-0.4, -0.2) is 11.8 Å². The Bertz CT molecular complexity index is 894. The van der Waals surface area contributed by atoms with Crippen molar-refractivity contribution in [1.29, 1.82) is 5.26 Å². The lowest BCUT2D eigenvalue weighted by Crippen LogP contribution is -2.34. The standard InChI is InChI=1S/C19H30N2.C13H18O/c1-14(2)11-12-19(15(3)13-20)21-17(5)16(4)18-9-7-6-8-10-18;1-5-12(14)13(3,4)11-8-6-10(2)7-9-11/h16,18-19,21H,1,3,5-12H2,2,4H3;6-9H,5H2,1-4H3/t16-,19-;/m1./s1. The summed E-state index contributed by atoms with van der Waals surface area (Å²) in [6, 6.07) is 10.4. The zero-order valence-electron chi connectivity index (χ0n) is 23.2. The van der Waals surface area contributed by atoms with Gasteiger partial charge < -0.3 is 5.32 Å². The van der Waals surface area contributed by atoms with Crippen molar-refractivity contribution in [2.75, 3.05) is 0 Å². The number of carbonyl (C=O) groups excluding carboxylic acids is 1. The number of Topliss-reactive ketones (excluding diaryl/α,β-unsaturated/α-hetero) is 1. The number of ketones is 1. The molecule has 1 aromatic carbocycles. The van der Waals surface area contributed by atoms with Gasteiger partial charge in [-0.25, -0.2) is 0 Å². The van der Waals surface area contributed by atoms with Gasteiger partial charge in [-0.15, -0.1) is 6.58 Å². The van der Waals surface area contributed by atoms with Crippen LogP contribution >= 0.6 is 0 Å². The molecule has 192 valence electrons. The molecule has 0 saturated heterocycles. The van der Waals surface area contributed by atoms with Crippen LogP contribution in [-0.2, 0) is 10.2 Å². The van der Waals surface area contributed by atoms with E-state index >= 15 is 0 Å². The third-order valence-corrected chi connectivity index (χ3v) is 7.48. The highest BCUT2D eigenvalue weighted by molar-refractivity contribution is 5.89. The fraction of sp³-hybridized carbons (Fsp3) is 0.562. The smallest absolute Gasteiger partial charge is 0.142 e. The molecule has 0 unspecified atom stereocenters. The van der Waals surface area contributed by atoms with Crippen molar-refractivity contribution in [2.24, 2.45) is 11.8 Å². The van der Waals surface area contributed by atoms with Gasteiger partial charge in [0.15, 0.2) is 0 Å². The first-order valence-electron chi connectivity index (χ1n) is 13.2. The highest BCUT2D eigenvalue weighted by atomic mass is 16.1. The van der Waals surface area contributed by atoms with Crippen LogP contribution in [0.3, 0.4) is 0 Å². The van der Waals surface area contributed by atoms with Crippen molar-refractivity contribution in [1.82, 2.24) is 5.32 Å². The van der Waals surface area contributed by atoms with Gasteiger partial charge in [0.05, 0.1) is 12.1 Å². The van der Waals surface area contributed by atoms with E-state index < -0.39 is 0 Å². The van der Waals surface area contributed by atoms with Crippen molar-refractivity contribution < 1.29 is 4.79 Å². The van der Waals surface area contributed by atoms with Gasteiger partial charge in [0.25, 0.3) is 0 Å². The predicted octanol–water partition coefficient (Wildman–Crippen LogP) is 8.36. The fourth-order valence-corrected chi connectivity index (χ4v) is 4.65. The first-order chi connectivity index (χ1) is 16.4. The molecule has 0 amide bonds. The summed E-state index contributed by atoms with van der Waals surface area (Å²) in [4.78, 5) is 11.7. The zero-order chi connectivity index (χ0) is 26.6. The van der Waals surface area contributed by atoms with Crippen molar-refractivity contribution >= 4 is 5.78 Å². The molecule has 0 heterocycles. The normalized spacial score (nSPS) is 15.6. The second-order valence-electron chi connectivity index (χ2n) is 10.8. The molecule has 1 aliphatic rings. The Hall–Kier alpha value is -2.60. The van der Waals surface area contributed by atoms with Gasteiger partial charge in [0, 0.05) is 23.1 Å². The fourth-order valence-electron chi connectivity index (χ4n) is 4.65. The second-order valence-corrected chi connectivity index (χ2v) is 10.8. The summed E-state index contributed by atoms with van der Waals surface area (Å²) in [5, 5.41) is 12.6. The van der Waals surface area contributed by atoms with E-state index in [1.54, 1.807) is 0 Å². The summed E-state index contributed by atoms with van der Waals surface area (Å²) in [5.41, 5.74) is 4.78. The van der Waals surface area contributed by atoms with Crippen LogP contribution in [0.25, 0.3) is 0 Å². The maximum atomic E-state index is 11.7. The van der Waals surface area contributed by atoms with Crippen LogP contribution < -0.4 is 5.32 Å². The third-order valence-electron chi connectivity index (χ3n) is 7.48. The molecule has 1 N–H and O–H groups in total. The number of allylic oxidation sites excluding steroid dienone is 2. The van der Waals surface area contributed by atoms with Crippen molar-refractivity contribution in [3.8, 4) is 6.07 Å². The number of hydrogen-bond donors (Lipinski definition) is 1. The Balaban J connectivity index is 0.000000379. The minimum absolute atomic E-state index is 0.00904. The molecule has 2 rings (SSSR count). The molecule has 2 atom stereocenters. The molecule has 3 heteroatoms. The molecule has 0 bridgehead atoms. The minimum Gasteiger partial charge on any atom is -0.381 e. The number of nitriles is 1. The maximum Gasteiger partial charge on any atom is 0.142 e. The topological polar surface area (TPSA) is 52.9 Å². The van der Waals surface area contributed by atoms with Gasteiger partial charge in [-0.1, -0.05) is 81.7 Å². The highest BCUT2D eigenvalue weighted by Gasteiger charge is 2.27. The molecule has 1 aromatic rings. The van der Waals surface area contributed by atoms with Crippen LogP contribution in [0.4, 0.5) is 0 Å². The molecule has 0 radical (unpaired) electrons.